The molecule has 3 fully saturated rings. The molecule has 7 rings (SSSR count). The molecule has 0 amide bonds. The Kier molecular flexibility index (Phi) is 5.86. The van der Waals surface area contributed by atoms with E-state index in [4.69, 9.17) is 9.47 Å². The number of ether oxygens (including phenoxy) is 2. The van der Waals surface area contributed by atoms with E-state index in [1.54, 1.807) is 7.11 Å². The molecule has 1 saturated heterocycles. The number of hydrogen-bond donors (Lipinski definition) is 1. The maximum atomic E-state index is 12.1. The molecule has 4 unspecified atom stereocenters. The third-order valence-corrected chi connectivity index (χ3v) is 11.2. The van der Waals surface area contributed by atoms with Crippen molar-refractivity contribution in [2.75, 3.05) is 20.2 Å². The van der Waals surface area contributed by atoms with Gasteiger partial charge < -0.3 is 14.6 Å². The SMILES string of the molecule is COc1ccc2c3c1OC1[C@@H](O)[C@](C)(CCCCc4ccccc4)CC4C(C2)N(CC2CCC2)CCC341. The number of aryl methyl sites for hydroxylation is 1. The van der Waals surface area contributed by atoms with E-state index in [9.17, 15) is 5.11 Å². The molecule has 2 saturated carbocycles. The summed E-state index contributed by atoms with van der Waals surface area (Å²) in [5, 5.41) is 12.1. The van der Waals surface area contributed by atoms with Crippen LogP contribution in [0.3, 0.4) is 0 Å². The molecule has 4 heteroatoms. The highest BCUT2D eigenvalue weighted by atomic mass is 16.5. The summed E-state index contributed by atoms with van der Waals surface area (Å²) in [6.07, 6.45) is 11.4. The predicted octanol–water partition coefficient (Wildman–Crippen LogP) is 5.92. The second-order valence-electron chi connectivity index (χ2n) is 13.1. The van der Waals surface area contributed by atoms with Crippen molar-refractivity contribution in [3.05, 3.63) is 59.2 Å². The van der Waals surface area contributed by atoms with E-state index in [0.29, 0.717) is 12.0 Å². The van der Waals surface area contributed by atoms with E-state index in [2.05, 4.69) is 54.3 Å². The molecular formula is C33H43NO3. The van der Waals surface area contributed by atoms with Crippen LogP contribution in [0.25, 0.3) is 0 Å². The molecule has 6 atom stereocenters. The summed E-state index contributed by atoms with van der Waals surface area (Å²) in [5.41, 5.74) is 4.06. The molecule has 1 N–H and O–H groups in total. The molecule has 1 spiro atoms. The van der Waals surface area contributed by atoms with Crippen LogP contribution in [0.2, 0.25) is 0 Å². The lowest BCUT2D eigenvalue weighted by Gasteiger charge is -2.63. The highest BCUT2D eigenvalue weighted by Crippen LogP contribution is 2.67. The number of likely N-dealkylation sites (tertiary alicyclic amines) is 1. The van der Waals surface area contributed by atoms with Gasteiger partial charge in [0.2, 0.25) is 0 Å². The molecule has 198 valence electrons. The van der Waals surface area contributed by atoms with Crippen molar-refractivity contribution in [2.24, 2.45) is 17.3 Å². The zero-order chi connectivity index (χ0) is 25.2. The van der Waals surface area contributed by atoms with Crippen LogP contribution in [-0.4, -0.2) is 48.5 Å². The van der Waals surface area contributed by atoms with Crippen molar-refractivity contribution < 1.29 is 14.6 Å². The number of piperidine rings is 1. The summed E-state index contributed by atoms with van der Waals surface area (Å²) in [7, 11) is 1.75. The largest absolute Gasteiger partial charge is 0.493 e. The fourth-order valence-corrected chi connectivity index (χ4v) is 9.01. The Labute approximate surface area is 222 Å². The summed E-state index contributed by atoms with van der Waals surface area (Å²) >= 11 is 0. The highest BCUT2D eigenvalue weighted by molar-refractivity contribution is 5.61. The van der Waals surface area contributed by atoms with Gasteiger partial charge in [-0.15, -0.1) is 0 Å². The number of methoxy groups -OCH3 is 1. The lowest BCUT2D eigenvalue weighted by Crippen LogP contribution is -2.70. The first-order chi connectivity index (χ1) is 18.0. The lowest BCUT2D eigenvalue weighted by molar-refractivity contribution is -0.165. The van der Waals surface area contributed by atoms with Gasteiger partial charge >= 0.3 is 0 Å². The molecule has 2 aromatic carbocycles. The quantitative estimate of drug-likeness (QED) is 0.456. The average Bonchev–Trinajstić information content (AvgIpc) is 3.23. The number of unbranched alkanes of at least 4 members (excludes halogenated alkanes) is 1. The average molecular weight is 502 g/mol. The number of rotatable bonds is 8. The van der Waals surface area contributed by atoms with Gasteiger partial charge in [-0.2, -0.15) is 0 Å². The molecule has 5 aliphatic rings. The van der Waals surface area contributed by atoms with Gasteiger partial charge in [0.25, 0.3) is 0 Å². The van der Waals surface area contributed by atoms with Gasteiger partial charge in [0, 0.05) is 23.6 Å². The van der Waals surface area contributed by atoms with Crippen molar-refractivity contribution in [3.63, 3.8) is 0 Å². The van der Waals surface area contributed by atoms with E-state index in [0.717, 1.165) is 62.5 Å². The third-order valence-electron chi connectivity index (χ3n) is 11.2. The topological polar surface area (TPSA) is 41.9 Å². The van der Waals surface area contributed by atoms with Crippen LogP contribution >= 0.6 is 0 Å². The summed E-state index contributed by atoms with van der Waals surface area (Å²) in [6, 6.07) is 15.8. The van der Waals surface area contributed by atoms with E-state index < -0.39 is 6.10 Å². The number of benzene rings is 2. The molecule has 37 heavy (non-hydrogen) atoms. The van der Waals surface area contributed by atoms with Gasteiger partial charge in [0.15, 0.2) is 11.5 Å². The Morgan fingerprint density at radius 2 is 1.95 bits per heavy atom. The van der Waals surface area contributed by atoms with E-state index >= 15 is 0 Å². The van der Waals surface area contributed by atoms with Crippen LogP contribution < -0.4 is 9.47 Å². The third kappa shape index (κ3) is 3.61. The molecule has 4 nitrogen and oxygen atoms in total. The Morgan fingerprint density at radius 3 is 2.70 bits per heavy atom. The lowest BCUT2D eigenvalue weighted by atomic mass is 9.46. The molecule has 0 aromatic heterocycles. The Bertz CT molecular complexity index is 1150. The van der Waals surface area contributed by atoms with Crippen molar-refractivity contribution in [1.29, 1.82) is 0 Å². The minimum Gasteiger partial charge on any atom is -0.493 e. The van der Waals surface area contributed by atoms with Crippen LogP contribution in [0.5, 0.6) is 11.5 Å². The van der Waals surface area contributed by atoms with Crippen molar-refractivity contribution in [1.82, 2.24) is 4.90 Å². The second kappa shape index (κ2) is 9.02. The van der Waals surface area contributed by atoms with E-state index in [1.807, 2.05) is 0 Å². The van der Waals surface area contributed by atoms with E-state index in [1.165, 1.54) is 48.9 Å². The number of aliphatic hydroxyl groups excluding tert-OH is 1. The minimum atomic E-state index is -0.456. The van der Waals surface area contributed by atoms with Gasteiger partial charge in [0.1, 0.15) is 6.10 Å². The maximum Gasteiger partial charge on any atom is 0.165 e. The van der Waals surface area contributed by atoms with Crippen LogP contribution in [-0.2, 0) is 18.3 Å². The molecule has 3 aliphatic carbocycles. The van der Waals surface area contributed by atoms with Crippen LogP contribution in [0.1, 0.15) is 75.0 Å². The first-order valence-corrected chi connectivity index (χ1v) is 14.9. The molecule has 2 heterocycles. The predicted molar refractivity (Wildman–Crippen MR) is 146 cm³/mol. The zero-order valence-corrected chi connectivity index (χ0v) is 22.6. The van der Waals surface area contributed by atoms with Crippen molar-refractivity contribution >= 4 is 0 Å². The molecule has 0 radical (unpaired) electrons. The summed E-state index contributed by atoms with van der Waals surface area (Å²) in [6.45, 7) is 4.75. The summed E-state index contributed by atoms with van der Waals surface area (Å²) < 4.78 is 12.6. The van der Waals surface area contributed by atoms with E-state index in [-0.39, 0.29) is 16.9 Å². The van der Waals surface area contributed by atoms with Crippen LogP contribution in [0, 0.1) is 17.3 Å². The Hall–Kier alpha value is -2.04. The Morgan fingerprint density at radius 1 is 1.11 bits per heavy atom. The van der Waals surface area contributed by atoms with Gasteiger partial charge in [-0.25, -0.2) is 0 Å². The Balaban J connectivity index is 1.19. The number of nitrogens with zero attached hydrogens (tertiary/aromatic N) is 1. The smallest absolute Gasteiger partial charge is 0.165 e. The molecule has 2 aromatic rings. The zero-order valence-electron chi connectivity index (χ0n) is 22.6. The number of hydrogen-bond acceptors (Lipinski definition) is 4. The van der Waals surface area contributed by atoms with Crippen LogP contribution in [0.15, 0.2) is 42.5 Å². The van der Waals surface area contributed by atoms with Gasteiger partial charge in [0.05, 0.1) is 13.2 Å². The highest BCUT2D eigenvalue weighted by Gasteiger charge is 2.69. The van der Waals surface area contributed by atoms with Gasteiger partial charge in [-0.05, 0) is 92.4 Å². The standard InChI is InChI=1S/C33H43NO3/c1-32(16-7-6-11-22-9-4-3-5-10-22)20-25-26-19-24-14-15-27(36-2)29-28(24)33(25,31(37-29)30(32)35)17-18-34(26)21-23-12-8-13-23/h3-5,9-10,14-15,23,25-26,30-31,35H,6-8,11-13,16-21H2,1-2H3/t25?,26?,30-,31?,32-,33?/m1/s1. The summed E-state index contributed by atoms with van der Waals surface area (Å²) in [4.78, 5) is 2.86. The maximum absolute atomic E-state index is 12.1. The normalized spacial score (nSPS) is 36.0. The van der Waals surface area contributed by atoms with Crippen molar-refractivity contribution in [3.8, 4) is 11.5 Å². The fourth-order valence-electron chi connectivity index (χ4n) is 9.01. The van der Waals surface area contributed by atoms with Gasteiger partial charge in [-0.1, -0.05) is 56.2 Å². The van der Waals surface area contributed by atoms with Crippen LogP contribution in [0.4, 0.5) is 0 Å². The molecule has 2 aliphatic heterocycles. The fraction of sp³-hybridized carbons (Fsp3) is 0.636. The van der Waals surface area contributed by atoms with Crippen molar-refractivity contribution in [2.45, 2.75) is 94.8 Å². The molecule has 2 bridgehead atoms. The summed E-state index contributed by atoms with van der Waals surface area (Å²) in [5.74, 6) is 3.20. The minimum absolute atomic E-state index is 0.0683. The monoisotopic (exact) mass is 501 g/mol. The first-order valence-electron chi connectivity index (χ1n) is 14.9. The van der Waals surface area contributed by atoms with Gasteiger partial charge in [-0.3, -0.25) is 4.90 Å². The molecular weight excluding hydrogens is 458 g/mol. The first kappa shape index (κ1) is 24.0. The number of aliphatic hydroxyl groups is 1. The second-order valence-corrected chi connectivity index (χ2v) is 13.1.